The minimum atomic E-state index is 0.335. The van der Waals surface area contributed by atoms with E-state index in [1.165, 1.54) is 5.57 Å². The van der Waals surface area contributed by atoms with Gasteiger partial charge in [-0.05, 0) is 31.1 Å². The van der Waals surface area contributed by atoms with Crippen molar-refractivity contribution in [2.75, 3.05) is 6.61 Å². The maximum Gasteiger partial charge on any atom is 0.0470 e. The lowest BCUT2D eigenvalue weighted by molar-refractivity contribution is 0.256. The van der Waals surface area contributed by atoms with Crippen LogP contribution in [0.4, 0.5) is 0 Å². The minimum Gasteiger partial charge on any atom is -0.396 e. The van der Waals surface area contributed by atoms with E-state index >= 15 is 0 Å². The topological polar surface area (TPSA) is 20.2 Å². The molecule has 11 heavy (non-hydrogen) atoms. The number of aliphatic hydroxyl groups is 1. The van der Waals surface area contributed by atoms with Crippen LogP contribution in [0.1, 0.15) is 27.7 Å². The lowest BCUT2D eigenvalue weighted by Gasteiger charge is -1.97. The fourth-order valence-electron chi connectivity index (χ4n) is 1.83. The van der Waals surface area contributed by atoms with Crippen molar-refractivity contribution in [2.24, 2.45) is 17.3 Å². The molecule has 1 nitrogen and oxygen atoms in total. The van der Waals surface area contributed by atoms with E-state index in [0.717, 1.165) is 0 Å². The summed E-state index contributed by atoms with van der Waals surface area (Å²) in [6.45, 7) is 9.00. The third kappa shape index (κ3) is 1.48. The Balaban J connectivity index is 2.59. The van der Waals surface area contributed by atoms with Crippen LogP contribution < -0.4 is 0 Å². The third-order valence-electron chi connectivity index (χ3n) is 2.85. The molecule has 1 aliphatic rings. The molecule has 0 unspecified atom stereocenters. The Morgan fingerprint density at radius 3 is 2.27 bits per heavy atom. The first-order valence-electron chi connectivity index (χ1n) is 4.26. The zero-order valence-electron chi connectivity index (χ0n) is 7.89. The molecule has 1 heteroatoms. The predicted molar refractivity (Wildman–Crippen MR) is 47.3 cm³/mol. The fraction of sp³-hybridized carbons (Fsp3) is 0.800. The van der Waals surface area contributed by atoms with Gasteiger partial charge in [-0.2, -0.15) is 0 Å². The molecule has 64 valence electrons. The molecule has 1 N–H and O–H groups in total. The van der Waals surface area contributed by atoms with Crippen molar-refractivity contribution in [1.82, 2.24) is 0 Å². The molecule has 0 bridgehead atoms. The summed E-state index contributed by atoms with van der Waals surface area (Å²) in [5.74, 6) is 1.11. The summed E-state index contributed by atoms with van der Waals surface area (Å²) in [4.78, 5) is 0. The van der Waals surface area contributed by atoms with Crippen molar-refractivity contribution < 1.29 is 5.11 Å². The normalized spacial score (nSPS) is 33.2. The van der Waals surface area contributed by atoms with Gasteiger partial charge < -0.3 is 5.11 Å². The van der Waals surface area contributed by atoms with Gasteiger partial charge in [0.05, 0.1) is 0 Å². The van der Waals surface area contributed by atoms with Crippen LogP contribution in [-0.4, -0.2) is 11.7 Å². The molecule has 0 heterocycles. The van der Waals surface area contributed by atoms with Crippen LogP contribution in [0.3, 0.4) is 0 Å². The van der Waals surface area contributed by atoms with Gasteiger partial charge in [0.2, 0.25) is 0 Å². The van der Waals surface area contributed by atoms with E-state index in [-0.39, 0.29) is 0 Å². The van der Waals surface area contributed by atoms with E-state index in [1.807, 2.05) is 0 Å². The van der Waals surface area contributed by atoms with E-state index in [1.54, 1.807) is 0 Å². The molecule has 0 aromatic heterocycles. The number of hydrogen-bond donors (Lipinski definition) is 1. The maximum absolute atomic E-state index is 9.00. The molecule has 0 saturated heterocycles. The van der Waals surface area contributed by atoms with Crippen molar-refractivity contribution >= 4 is 0 Å². The Kier molecular flexibility index (Phi) is 2.10. The van der Waals surface area contributed by atoms with E-state index in [0.29, 0.717) is 23.9 Å². The highest BCUT2D eigenvalue weighted by atomic mass is 16.3. The van der Waals surface area contributed by atoms with Gasteiger partial charge in [-0.1, -0.05) is 25.5 Å². The molecule has 0 spiro atoms. The summed E-state index contributed by atoms with van der Waals surface area (Å²) in [5.41, 5.74) is 1.70. The zero-order chi connectivity index (χ0) is 8.65. The average Bonchev–Trinajstić information content (AvgIpc) is 2.33. The fourth-order valence-corrected chi connectivity index (χ4v) is 1.83. The lowest BCUT2D eigenvalue weighted by Crippen LogP contribution is -1.93. The van der Waals surface area contributed by atoms with Crippen LogP contribution in [0, 0.1) is 17.3 Å². The summed E-state index contributed by atoms with van der Waals surface area (Å²) in [6, 6.07) is 0. The number of allylic oxidation sites excluding steroid dienone is 2. The molecule has 0 aliphatic heterocycles. The van der Waals surface area contributed by atoms with Gasteiger partial charge >= 0.3 is 0 Å². The van der Waals surface area contributed by atoms with Crippen molar-refractivity contribution in [3.05, 3.63) is 11.6 Å². The Labute approximate surface area is 69.1 Å². The molecule has 0 aromatic rings. The summed E-state index contributed by atoms with van der Waals surface area (Å²) >= 11 is 0. The molecule has 0 aromatic carbocycles. The Hall–Kier alpha value is -0.300. The Morgan fingerprint density at radius 2 is 2.00 bits per heavy atom. The monoisotopic (exact) mass is 154 g/mol. The molecule has 1 aliphatic carbocycles. The molecule has 1 rings (SSSR count). The number of aliphatic hydroxyl groups excluding tert-OH is 1. The van der Waals surface area contributed by atoms with Crippen LogP contribution >= 0.6 is 0 Å². The summed E-state index contributed by atoms with van der Waals surface area (Å²) in [7, 11) is 0. The van der Waals surface area contributed by atoms with Gasteiger partial charge in [-0.3, -0.25) is 0 Å². The summed E-state index contributed by atoms with van der Waals surface area (Å²) in [5, 5.41) is 9.00. The maximum atomic E-state index is 9.00. The van der Waals surface area contributed by atoms with Crippen LogP contribution in [0.15, 0.2) is 11.6 Å². The van der Waals surface area contributed by atoms with Crippen LogP contribution in [0.2, 0.25) is 0 Å². The number of rotatable bonds is 2. The molecular formula is C10H18O. The Morgan fingerprint density at radius 1 is 1.45 bits per heavy atom. The smallest absolute Gasteiger partial charge is 0.0470 e. The van der Waals surface area contributed by atoms with E-state index in [4.69, 9.17) is 5.11 Å². The Bertz CT molecular complexity index is 175. The van der Waals surface area contributed by atoms with Crippen LogP contribution in [0.25, 0.3) is 0 Å². The molecule has 0 radical (unpaired) electrons. The van der Waals surface area contributed by atoms with Crippen LogP contribution in [0.5, 0.6) is 0 Å². The van der Waals surface area contributed by atoms with Gasteiger partial charge in [-0.25, -0.2) is 0 Å². The van der Waals surface area contributed by atoms with E-state index in [9.17, 15) is 0 Å². The van der Waals surface area contributed by atoms with Crippen molar-refractivity contribution in [1.29, 1.82) is 0 Å². The van der Waals surface area contributed by atoms with Gasteiger partial charge in [0.15, 0.2) is 0 Å². The highest BCUT2D eigenvalue weighted by molar-refractivity contribution is 5.16. The summed E-state index contributed by atoms with van der Waals surface area (Å²) < 4.78 is 0. The van der Waals surface area contributed by atoms with Crippen molar-refractivity contribution in [3.63, 3.8) is 0 Å². The SMILES string of the molecule is CC(C)=C[C@@H]1[C@@H](CO)C1(C)C. The second-order valence-electron chi connectivity index (χ2n) is 4.38. The van der Waals surface area contributed by atoms with E-state index in [2.05, 4.69) is 33.8 Å². The van der Waals surface area contributed by atoms with Gasteiger partial charge in [-0.15, -0.1) is 0 Å². The second-order valence-corrected chi connectivity index (χ2v) is 4.38. The summed E-state index contributed by atoms with van der Waals surface area (Å²) in [6.07, 6.45) is 2.28. The zero-order valence-corrected chi connectivity index (χ0v) is 7.89. The number of hydrogen-bond acceptors (Lipinski definition) is 1. The molecule has 2 atom stereocenters. The molecule has 1 saturated carbocycles. The third-order valence-corrected chi connectivity index (χ3v) is 2.85. The first-order chi connectivity index (χ1) is 5.00. The average molecular weight is 154 g/mol. The second kappa shape index (κ2) is 2.63. The lowest BCUT2D eigenvalue weighted by atomic mass is 10.1. The van der Waals surface area contributed by atoms with Crippen LogP contribution in [-0.2, 0) is 0 Å². The van der Waals surface area contributed by atoms with Gasteiger partial charge in [0, 0.05) is 6.61 Å². The standard InChI is InChI=1S/C10H18O/c1-7(2)5-8-9(6-11)10(8,3)4/h5,8-9,11H,6H2,1-4H3/t8-,9-/m1/s1. The first-order valence-corrected chi connectivity index (χ1v) is 4.26. The van der Waals surface area contributed by atoms with Crippen molar-refractivity contribution in [3.8, 4) is 0 Å². The molecule has 1 fully saturated rings. The first kappa shape index (κ1) is 8.79. The quantitative estimate of drug-likeness (QED) is 0.605. The highest BCUT2D eigenvalue weighted by Crippen LogP contribution is 2.58. The van der Waals surface area contributed by atoms with Gasteiger partial charge in [0.1, 0.15) is 0 Å². The minimum absolute atomic E-state index is 0.335. The largest absolute Gasteiger partial charge is 0.396 e. The van der Waals surface area contributed by atoms with E-state index < -0.39 is 0 Å². The molecular weight excluding hydrogens is 136 g/mol. The van der Waals surface area contributed by atoms with Gasteiger partial charge in [0.25, 0.3) is 0 Å². The highest BCUT2D eigenvalue weighted by Gasteiger charge is 2.55. The van der Waals surface area contributed by atoms with Crippen molar-refractivity contribution in [2.45, 2.75) is 27.7 Å². The predicted octanol–water partition coefficient (Wildman–Crippen LogP) is 2.22. The molecule has 0 amide bonds.